The van der Waals surface area contributed by atoms with E-state index in [0.29, 0.717) is 0 Å². The Morgan fingerprint density at radius 3 is 2.62 bits per heavy atom. The van der Waals surface area contributed by atoms with Gasteiger partial charge in [-0.05, 0) is 25.6 Å². The lowest BCUT2D eigenvalue weighted by Crippen LogP contribution is -2.45. The van der Waals surface area contributed by atoms with Crippen LogP contribution < -0.4 is 10.6 Å². The van der Waals surface area contributed by atoms with Gasteiger partial charge in [0.2, 0.25) is 5.91 Å². The van der Waals surface area contributed by atoms with Gasteiger partial charge in [-0.2, -0.15) is 5.10 Å². The molecule has 1 aliphatic rings. The predicted molar refractivity (Wildman–Crippen MR) is 102 cm³/mol. The van der Waals surface area contributed by atoms with Crippen molar-refractivity contribution in [1.29, 1.82) is 0 Å². The molecule has 8 heteroatoms. The summed E-state index contributed by atoms with van der Waals surface area (Å²) in [7, 11) is 1.91. The molecule has 0 saturated carbocycles. The first-order valence-electron chi connectivity index (χ1n) is 8.27. The summed E-state index contributed by atoms with van der Waals surface area (Å²) in [6.45, 7) is 10.9. The smallest absolute Gasteiger partial charge is 0.225 e. The van der Waals surface area contributed by atoms with E-state index in [1.54, 1.807) is 4.68 Å². The van der Waals surface area contributed by atoms with Crippen LogP contribution >= 0.6 is 24.8 Å². The van der Waals surface area contributed by atoms with E-state index in [9.17, 15) is 4.79 Å². The second-order valence-corrected chi connectivity index (χ2v) is 6.21. The molecule has 1 aromatic rings. The van der Waals surface area contributed by atoms with Crippen LogP contribution in [0.1, 0.15) is 32.3 Å². The lowest BCUT2D eigenvalue weighted by molar-refractivity contribution is -0.125. The molecule has 1 saturated heterocycles. The number of likely N-dealkylation sites (N-methyl/N-ethyl adjacent to an activating group) is 1. The van der Waals surface area contributed by atoms with Gasteiger partial charge in [-0.3, -0.25) is 9.48 Å². The highest BCUT2D eigenvalue weighted by Crippen LogP contribution is 2.27. The van der Waals surface area contributed by atoms with Crippen molar-refractivity contribution >= 4 is 30.7 Å². The molecule has 140 valence electrons. The van der Waals surface area contributed by atoms with Crippen molar-refractivity contribution in [3.8, 4) is 0 Å². The maximum Gasteiger partial charge on any atom is 0.225 e. The molecule has 1 unspecified atom stereocenters. The summed E-state index contributed by atoms with van der Waals surface area (Å²) in [6.07, 6.45) is 3.88. The van der Waals surface area contributed by atoms with E-state index in [2.05, 4.69) is 41.4 Å². The first-order chi connectivity index (χ1) is 10.5. The summed E-state index contributed by atoms with van der Waals surface area (Å²) < 4.78 is 1.80. The molecule has 1 amide bonds. The van der Waals surface area contributed by atoms with Crippen molar-refractivity contribution in [2.75, 3.05) is 32.7 Å². The number of carbonyl (C=O) groups is 1. The van der Waals surface area contributed by atoms with Crippen LogP contribution in [-0.4, -0.2) is 59.4 Å². The quantitative estimate of drug-likeness (QED) is 0.751. The number of aryl methyl sites for hydroxylation is 1. The van der Waals surface area contributed by atoms with Gasteiger partial charge in [-0.15, -0.1) is 24.8 Å². The van der Waals surface area contributed by atoms with Gasteiger partial charge in [-0.25, -0.2) is 0 Å². The van der Waals surface area contributed by atoms with E-state index in [1.807, 2.05) is 19.4 Å². The number of nitrogens with zero attached hydrogens (tertiary/aromatic N) is 3. The summed E-state index contributed by atoms with van der Waals surface area (Å²) >= 11 is 0. The number of aromatic nitrogens is 2. The molecule has 6 nitrogen and oxygen atoms in total. The van der Waals surface area contributed by atoms with Crippen LogP contribution in [-0.2, 0) is 11.8 Å². The van der Waals surface area contributed by atoms with E-state index in [-0.39, 0.29) is 48.6 Å². The largest absolute Gasteiger partial charge is 0.352 e. The molecule has 2 heterocycles. The molecule has 2 N–H and O–H groups in total. The normalized spacial score (nSPS) is 21.0. The molecular formula is C16H31Cl2N5O. The Morgan fingerprint density at radius 2 is 2.08 bits per heavy atom. The highest BCUT2D eigenvalue weighted by Gasteiger charge is 2.35. The van der Waals surface area contributed by atoms with Crippen molar-refractivity contribution in [3.05, 3.63) is 18.0 Å². The van der Waals surface area contributed by atoms with Crippen molar-refractivity contribution in [1.82, 2.24) is 25.3 Å². The van der Waals surface area contributed by atoms with Crippen molar-refractivity contribution < 1.29 is 4.79 Å². The van der Waals surface area contributed by atoms with Crippen LogP contribution in [0.4, 0.5) is 0 Å². The standard InChI is InChI=1S/C16H29N5O.2ClH/c1-5-21(6-2)10-12(3)19-16(22)15-9-17-8-14(15)13-7-18-20(4)11-13;;/h7,11-12,14-15,17H,5-6,8-10H2,1-4H3,(H,19,22);2*1H/t12?,14-,15+;;/m1../s1. The molecule has 1 fully saturated rings. The van der Waals surface area contributed by atoms with Crippen LogP contribution in [0.2, 0.25) is 0 Å². The number of halogens is 2. The van der Waals surface area contributed by atoms with E-state index >= 15 is 0 Å². The van der Waals surface area contributed by atoms with Crippen molar-refractivity contribution in [3.63, 3.8) is 0 Å². The minimum atomic E-state index is -0.0108. The number of rotatable bonds is 7. The summed E-state index contributed by atoms with van der Waals surface area (Å²) in [6, 6.07) is 0.169. The minimum absolute atomic E-state index is 0. The predicted octanol–water partition coefficient (Wildman–Crippen LogP) is 1.41. The van der Waals surface area contributed by atoms with Gasteiger partial charge < -0.3 is 15.5 Å². The number of carbonyl (C=O) groups excluding carboxylic acids is 1. The van der Waals surface area contributed by atoms with Crippen molar-refractivity contribution in [2.45, 2.75) is 32.7 Å². The zero-order valence-corrected chi connectivity index (χ0v) is 16.6. The van der Waals surface area contributed by atoms with Gasteiger partial charge in [0, 0.05) is 44.8 Å². The first-order valence-corrected chi connectivity index (χ1v) is 8.27. The van der Waals surface area contributed by atoms with E-state index in [0.717, 1.165) is 38.3 Å². The van der Waals surface area contributed by atoms with Gasteiger partial charge in [-0.1, -0.05) is 13.8 Å². The van der Waals surface area contributed by atoms with Crippen LogP contribution in [0, 0.1) is 5.92 Å². The Balaban J connectivity index is 0.00000264. The third-order valence-electron chi connectivity index (χ3n) is 4.52. The molecule has 0 aliphatic carbocycles. The number of hydrogen-bond acceptors (Lipinski definition) is 4. The first kappa shape index (κ1) is 23.2. The van der Waals surface area contributed by atoms with Crippen LogP contribution in [0.15, 0.2) is 12.4 Å². The van der Waals surface area contributed by atoms with Crippen LogP contribution in [0.5, 0.6) is 0 Å². The zero-order chi connectivity index (χ0) is 16.1. The molecule has 24 heavy (non-hydrogen) atoms. The second kappa shape index (κ2) is 10.9. The van der Waals surface area contributed by atoms with Gasteiger partial charge in [0.05, 0.1) is 12.1 Å². The number of nitrogens with one attached hydrogen (secondary N) is 2. The summed E-state index contributed by atoms with van der Waals surface area (Å²) in [4.78, 5) is 14.9. The molecule has 0 aromatic carbocycles. The molecule has 1 aliphatic heterocycles. The summed E-state index contributed by atoms with van der Waals surface area (Å²) in [5, 5.41) is 10.7. The maximum atomic E-state index is 12.6. The minimum Gasteiger partial charge on any atom is -0.352 e. The third-order valence-corrected chi connectivity index (χ3v) is 4.52. The Morgan fingerprint density at radius 1 is 1.42 bits per heavy atom. The molecule has 0 bridgehead atoms. The van der Waals surface area contributed by atoms with Gasteiger partial charge in [0.15, 0.2) is 0 Å². The molecule has 1 aromatic heterocycles. The Hall–Kier alpha value is -0.820. The molecule has 2 rings (SSSR count). The average Bonchev–Trinajstić information content (AvgIpc) is 3.12. The Labute approximate surface area is 157 Å². The SMILES string of the molecule is CCN(CC)CC(C)NC(=O)[C@H]1CNC[C@@H]1c1cnn(C)c1.Cl.Cl. The molecular weight excluding hydrogens is 349 g/mol. The van der Waals surface area contributed by atoms with Crippen molar-refractivity contribution in [2.24, 2.45) is 13.0 Å². The van der Waals surface area contributed by atoms with E-state index in [1.165, 1.54) is 0 Å². The number of amides is 1. The molecule has 0 spiro atoms. The summed E-state index contributed by atoms with van der Waals surface area (Å²) in [5.41, 5.74) is 1.14. The Bertz CT molecular complexity index is 493. The van der Waals surface area contributed by atoms with E-state index < -0.39 is 0 Å². The average molecular weight is 380 g/mol. The lowest BCUT2D eigenvalue weighted by Gasteiger charge is -2.25. The third kappa shape index (κ3) is 5.92. The second-order valence-electron chi connectivity index (χ2n) is 6.21. The zero-order valence-electron chi connectivity index (χ0n) is 15.0. The van der Waals surface area contributed by atoms with Gasteiger partial charge >= 0.3 is 0 Å². The van der Waals surface area contributed by atoms with Crippen LogP contribution in [0.3, 0.4) is 0 Å². The highest BCUT2D eigenvalue weighted by molar-refractivity contribution is 5.85. The van der Waals surface area contributed by atoms with E-state index in [4.69, 9.17) is 0 Å². The monoisotopic (exact) mass is 379 g/mol. The Kier molecular flexibility index (Phi) is 10.6. The highest BCUT2D eigenvalue weighted by atomic mass is 35.5. The maximum absolute atomic E-state index is 12.6. The number of hydrogen-bond donors (Lipinski definition) is 2. The van der Waals surface area contributed by atoms with Gasteiger partial charge in [0.25, 0.3) is 0 Å². The fourth-order valence-electron chi connectivity index (χ4n) is 3.20. The molecule has 3 atom stereocenters. The lowest BCUT2D eigenvalue weighted by atomic mass is 9.90. The summed E-state index contributed by atoms with van der Waals surface area (Å²) in [5.74, 6) is 0.358. The van der Waals surface area contributed by atoms with Gasteiger partial charge in [0.1, 0.15) is 0 Å². The topological polar surface area (TPSA) is 62.2 Å². The molecule has 0 radical (unpaired) electrons. The van der Waals surface area contributed by atoms with Crippen LogP contribution in [0.25, 0.3) is 0 Å². The fourth-order valence-corrected chi connectivity index (χ4v) is 3.20. The fraction of sp³-hybridized carbons (Fsp3) is 0.750.